The number of rotatable bonds is 2. The summed E-state index contributed by atoms with van der Waals surface area (Å²) in [7, 11) is 1.86. The highest BCUT2D eigenvalue weighted by Gasteiger charge is 2.16. The van der Waals surface area contributed by atoms with Gasteiger partial charge in [0, 0.05) is 29.0 Å². The van der Waals surface area contributed by atoms with Gasteiger partial charge in [-0.1, -0.05) is 22.8 Å². The van der Waals surface area contributed by atoms with Gasteiger partial charge in [0.15, 0.2) is 0 Å². The number of carboxylic acid groups (broad SMARTS) is 1. The van der Waals surface area contributed by atoms with Gasteiger partial charge >= 0.3 is 5.97 Å². The molecule has 0 bridgehead atoms. The quantitative estimate of drug-likeness (QED) is 0.780. The van der Waals surface area contributed by atoms with Gasteiger partial charge in [-0.25, -0.2) is 4.79 Å². The van der Waals surface area contributed by atoms with Crippen LogP contribution in [0, 0.1) is 0 Å². The van der Waals surface area contributed by atoms with Gasteiger partial charge in [-0.05, 0) is 18.2 Å². The number of carboxylic acids is 1. The molecule has 1 N–H and O–H groups in total. The molecule has 2 heterocycles. The number of fused-ring (bicyclic) bond motifs is 1. The molecule has 6 heteroatoms. The van der Waals surface area contributed by atoms with Gasteiger partial charge in [-0.2, -0.15) is 0 Å². The van der Waals surface area contributed by atoms with E-state index in [0.29, 0.717) is 10.7 Å². The number of nitrogens with zero attached hydrogens (tertiary/aromatic N) is 2. The maximum Gasteiger partial charge on any atom is 0.374 e. The lowest BCUT2D eigenvalue weighted by atomic mass is 10.2. The van der Waals surface area contributed by atoms with E-state index in [1.165, 1.54) is 6.07 Å². The second-order valence-corrected chi connectivity index (χ2v) is 4.61. The predicted molar refractivity (Wildman–Crippen MR) is 70.4 cm³/mol. The highest BCUT2D eigenvalue weighted by Crippen LogP contribution is 2.28. The van der Waals surface area contributed by atoms with Crippen molar-refractivity contribution in [1.29, 1.82) is 0 Å². The second-order valence-electron chi connectivity index (χ2n) is 4.17. The first kappa shape index (κ1) is 11.8. The van der Waals surface area contributed by atoms with Crippen molar-refractivity contribution in [2.24, 2.45) is 7.05 Å². The Morgan fingerprint density at radius 2 is 2.16 bits per heavy atom. The number of carbonyl (C=O) groups is 1. The molecule has 0 saturated carbocycles. The number of hydrogen-bond acceptors (Lipinski definition) is 3. The van der Waals surface area contributed by atoms with Crippen LogP contribution in [0.2, 0.25) is 5.02 Å². The first-order valence-electron chi connectivity index (χ1n) is 5.51. The highest BCUT2D eigenvalue weighted by molar-refractivity contribution is 6.31. The van der Waals surface area contributed by atoms with Crippen LogP contribution in [0.25, 0.3) is 22.3 Å². The van der Waals surface area contributed by atoms with Crippen LogP contribution in [-0.2, 0) is 7.05 Å². The Bertz CT molecular complexity index is 788. The lowest BCUT2D eigenvalue weighted by Gasteiger charge is -2.00. The van der Waals surface area contributed by atoms with Crippen molar-refractivity contribution in [3.05, 3.63) is 41.1 Å². The van der Waals surface area contributed by atoms with E-state index in [9.17, 15) is 4.79 Å². The second kappa shape index (κ2) is 4.13. The maximum atomic E-state index is 10.8. The topological polar surface area (TPSA) is 68.3 Å². The fraction of sp³-hybridized carbons (Fsp3) is 0.0769. The number of aromatic carboxylic acids is 1. The van der Waals surface area contributed by atoms with Gasteiger partial charge in [-0.15, -0.1) is 0 Å². The molecule has 96 valence electrons. The van der Waals surface area contributed by atoms with Crippen molar-refractivity contribution < 1.29 is 14.4 Å². The van der Waals surface area contributed by atoms with Crippen LogP contribution in [0.5, 0.6) is 0 Å². The third-order valence-electron chi connectivity index (χ3n) is 2.99. The summed E-state index contributed by atoms with van der Waals surface area (Å²) in [4.78, 5) is 10.8. The van der Waals surface area contributed by atoms with Crippen LogP contribution in [0.15, 0.2) is 34.9 Å². The van der Waals surface area contributed by atoms with E-state index >= 15 is 0 Å². The Kier molecular flexibility index (Phi) is 2.57. The molecule has 0 aliphatic carbocycles. The van der Waals surface area contributed by atoms with Gasteiger partial charge in [0.1, 0.15) is 5.69 Å². The zero-order valence-corrected chi connectivity index (χ0v) is 10.7. The molecular formula is C13H9ClN2O3. The molecule has 3 rings (SSSR count). The Balaban J connectivity index is 2.19. The van der Waals surface area contributed by atoms with Crippen LogP contribution >= 0.6 is 11.6 Å². The average Bonchev–Trinajstić information content (AvgIpc) is 2.95. The molecule has 0 saturated heterocycles. The molecular weight excluding hydrogens is 268 g/mol. The SMILES string of the molecule is Cn1c(-c2cc(C(=O)O)on2)cc2ccc(Cl)cc21. The molecule has 0 fully saturated rings. The Morgan fingerprint density at radius 3 is 2.84 bits per heavy atom. The first-order valence-corrected chi connectivity index (χ1v) is 5.89. The highest BCUT2D eigenvalue weighted by atomic mass is 35.5. The number of aromatic nitrogens is 2. The maximum absolute atomic E-state index is 10.8. The van der Waals surface area contributed by atoms with E-state index in [1.54, 1.807) is 6.07 Å². The zero-order chi connectivity index (χ0) is 13.6. The molecule has 0 atom stereocenters. The van der Waals surface area contributed by atoms with Gasteiger partial charge in [0.2, 0.25) is 5.76 Å². The summed E-state index contributed by atoms with van der Waals surface area (Å²) < 4.78 is 6.66. The molecule has 0 amide bonds. The van der Waals surface area contributed by atoms with E-state index in [2.05, 4.69) is 5.16 Å². The minimum atomic E-state index is -1.14. The van der Waals surface area contributed by atoms with Gasteiger partial charge in [0.25, 0.3) is 0 Å². The van der Waals surface area contributed by atoms with Crippen LogP contribution in [0.1, 0.15) is 10.6 Å². The minimum Gasteiger partial charge on any atom is -0.475 e. The third-order valence-corrected chi connectivity index (χ3v) is 3.23. The van der Waals surface area contributed by atoms with Crippen molar-refractivity contribution in [2.45, 2.75) is 0 Å². The van der Waals surface area contributed by atoms with Crippen LogP contribution in [0.3, 0.4) is 0 Å². The standard InChI is InChI=1S/C13H9ClN2O3/c1-16-10-5-8(14)3-2-7(10)4-11(16)9-6-12(13(17)18)19-15-9/h2-6H,1H3,(H,17,18). The minimum absolute atomic E-state index is 0.182. The van der Waals surface area contributed by atoms with E-state index in [4.69, 9.17) is 21.2 Å². The average molecular weight is 277 g/mol. The Labute approximate surface area is 113 Å². The summed E-state index contributed by atoms with van der Waals surface area (Å²) in [6.45, 7) is 0. The van der Waals surface area contributed by atoms with Gasteiger partial charge < -0.3 is 14.2 Å². The molecule has 0 unspecified atom stereocenters. The summed E-state index contributed by atoms with van der Waals surface area (Å²) in [5.41, 5.74) is 2.20. The monoisotopic (exact) mass is 276 g/mol. The van der Waals surface area contributed by atoms with Crippen molar-refractivity contribution in [1.82, 2.24) is 9.72 Å². The lowest BCUT2D eigenvalue weighted by molar-refractivity contribution is 0.0652. The summed E-state index contributed by atoms with van der Waals surface area (Å²) in [6.07, 6.45) is 0. The first-order chi connectivity index (χ1) is 9.06. The molecule has 3 aromatic rings. The smallest absolute Gasteiger partial charge is 0.374 e. The molecule has 1 aromatic carbocycles. The molecule has 0 spiro atoms. The van der Waals surface area contributed by atoms with Crippen LogP contribution in [0.4, 0.5) is 0 Å². The summed E-state index contributed by atoms with van der Waals surface area (Å²) in [6, 6.07) is 8.87. The fourth-order valence-electron chi connectivity index (χ4n) is 2.05. The molecule has 0 aliphatic heterocycles. The fourth-order valence-corrected chi connectivity index (χ4v) is 2.21. The summed E-state index contributed by atoms with van der Waals surface area (Å²) >= 11 is 5.97. The van der Waals surface area contributed by atoms with Crippen molar-refractivity contribution >= 4 is 28.5 Å². The van der Waals surface area contributed by atoms with Gasteiger partial charge in [0.05, 0.1) is 5.69 Å². The Morgan fingerprint density at radius 1 is 1.37 bits per heavy atom. The zero-order valence-electron chi connectivity index (χ0n) is 9.92. The van der Waals surface area contributed by atoms with Gasteiger partial charge in [-0.3, -0.25) is 0 Å². The van der Waals surface area contributed by atoms with E-state index in [0.717, 1.165) is 16.6 Å². The Hall–Kier alpha value is -2.27. The molecule has 0 radical (unpaired) electrons. The van der Waals surface area contributed by atoms with Crippen LogP contribution < -0.4 is 0 Å². The summed E-state index contributed by atoms with van der Waals surface area (Å²) in [5.74, 6) is -1.32. The normalized spacial score (nSPS) is 11.1. The number of aryl methyl sites for hydroxylation is 1. The lowest BCUT2D eigenvalue weighted by Crippen LogP contribution is -1.92. The number of hydrogen-bond donors (Lipinski definition) is 1. The molecule has 5 nitrogen and oxygen atoms in total. The molecule has 0 aliphatic rings. The summed E-state index contributed by atoms with van der Waals surface area (Å²) in [5, 5.41) is 14.3. The third kappa shape index (κ3) is 1.88. The van der Waals surface area contributed by atoms with Crippen molar-refractivity contribution in [3.63, 3.8) is 0 Å². The van der Waals surface area contributed by atoms with Crippen molar-refractivity contribution in [3.8, 4) is 11.4 Å². The predicted octanol–water partition coefficient (Wildman–Crippen LogP) is 3.18. The molecule has 2 aromatic heterocycles. The van der Waals surface area contributed by atoms with E-state index in [1.807, 2.05) is 29.8 Å². The number of benzene rings is 1. The molecule has 19 heavy (non-hydrogen) atoms. The van der Waals surface area contributed by atoms with E-state index < -0.39 is 5.97 Å². The van der Waals surface area contributed by atoms with Crippen molar-refractivity contribution in [2.75, 3.05) is 0 Å². The van der Waals surface area contributed by atoms with E-state index in [-0.39, 0.29) is 5.76 Å². The number of halogens is 1. The van der Waals surface area contributed by atoms with Crippen LogP contribution in [-0.4, -0.2) is 20.8 Å². The largest absolute Gasteiger partial charge is 0.475 e.